The number of amides is 1. The van der Waals surface area contributed by atoms with E-state index in [9.17, 15) is 14.9 Å². The van der Waals surface area contributed by atoms with E-state index < -0.39 is 16.9 Å². The van der Waals surface area contributed by atoms with Crippen LogP contribution in [-0.2, 0) is 4.79 Å². The van der Waals surface area contributed by atoms with E-state index in [-0.39, 0.29) is 18.0 Å². The fourth-order valence-corrected chi connectivity index (χ4v) is 1.70. The molecule has 0 spiro atoms. The molecule has 1 aromatic carbocycles. The van der Waals surface area contributed by atoms with Crippen LogP contribution in [0.2, 0.25) is 0 Å². The molecule has 1 unspecified atom stereocenters. The Bertz CT molecular complexity index is 476. The highest BCUT2D eigenvalue weighted by molar-refractivity contribution is 5.79. The van der Waals surface area contributed by atoms with Crippen LogP contribution >= 0.6 is 0 Å². The molecule has 1 amide bonds. The first-order valence-electron chi connectivity index (χ1n) is 5.80. The molecule has 1 aromatic rings. The number of carbonyl (C=O) groups is 1. The van der Waals surface area contributed by atoms with Crippen molar-refractivity contribution in [2.75, 3.05) is 13.7 Å². The molecule has 0 heterocycles. The fraction of sp³-hybridized carbons (Fsp3) is 0.417. The fourth-order valence-electron chi connectivity index (χ4n) is 1.70. The Morgan fingerprint density at radius 2 is 2.26 bits per heavy atom. The third-order valence-corrected chi connectivity index (χ3v) is 2.74. The lowest BCUT2D eigenvalue weighted by molar-refractivity contribution is -0.386. The molecule has 104 valence electrons. The van der Waals surface area contributed by atoms with Gasteiger partial charge in [0.1, 0.15) is 0 Å². The number of aryl methyl sites for hydroxylation is 1. The first-order valence-corrected chi connectivity index (χ1v) is 5.80. The topological polar surface area (TPSA) is 107 Å². The number of hydrogen-bond donors (Lipinski definition) is 2. The molecule has 0 aliphatic heterocycles. The van der Waals surface area contributed by atoms with Gasteiger partial charge in [-0.1, -0.05) is 12.1 Å². The zero-order valence-electron chi connectivity index (χ0n) is 10.9. The van der Waals surface area contributed by atoms with E-state index in [2.05, 4.69) is 5.32 Å². The van der Waals surface area contributed by atoms with Crippen LogP contribution in [-0.4, -0.2) is 30.5 Å². The summed E-state index contributed by atoms with van der Waals surface area (Å²) in [6.45, 7) is 1.81. The number of para-hydroxylation sites is 1. The molecule has 0 fully saturated rings. The lowest BCUT2D eigenvalue weighted by Crippen LogP contribution is -2.40. The largest absolute Gasteiger partial charge is 0.487 e. The molecule has 0 radical (unpaired) electrons. The van der Waals surface area contributed by atoms with Crippen LogP contribution in [0.5, 0.6) is 5.75 Å². The van der Waals surface area contributed by atoms with Crippen LogP contribution in [0.1, 0.15) is 12.0 Å². The van der Waals surface area contributed by atoms with Gasteiger partial charge in [0.05, 0.1) is 17.6 Å². The van der Waals surface area contributed by atoms with Crippen molar-refractivity contribution < 1.29 is 14.5 Å². The average molecular weight is 267 g/mol. The van der Waals surface area contributed by atoms with Crippen LogP contribution in [0.25, 0.3) is 0 Å². The van der Waals surface area contributed by atoms with Gasteiger partial charge in [0.2, 0.25) is 5.91 Å². The van der Waals surface area contributed by atoms with E-state index >= 15 is 0 Å². The summed E-state index contributed by atoms with van der Waals surface area (Å²) in [5.74, 6) is -0.283. The van der Waals surface area contributed by atoms with Crippen LogP contribution < -0.4 is 15.8 Å². The highest BCUT2D eigenvalue weighted by atomic mass is 16.6. The van der Waals surface area contributed by atoms with Crippen molar-refractivity contribution >= 4 is 11.6 Å². The van der Waals surface area contributed by atoms with E-state index in [0.717, 1.165) is 0 Å². The molecule has 0 aliphatic carbocycles. The van der Waals surface area contributed by atoms with E-state index in [1.807, 2.05) is 0 Å². The number of nitro groups is 1. The number of carbonyl (C=O) groups excluding carboxylic acids is 1. The molecule has 7 nitrogen and oxygen atoms in total. The molecule has 3 N–H and O–H groups in total. The van der Waals surface area contributed by atoms with Crippen molar-refractivity contribution in [2.24, 2.45) is 5.73 Å². The predicted octanol–water partition coefficient (Wildman–Crippen LogP) is 0.745. The number of likely N-dealkylation sites (N-methyl/N-ethyl adjacent to an activating group) is 1. The number of primary amides is 1. The lowest BCUT2D eigenvalue weighted by Gasteiger charge is -2.13. The van der Waals surface area contributed by atoms with Crippen molar-refractivity contribution in [3.63, 3.8) is 0 Å². The molecule has 1 atom stereocenters. The van der Waals surface area contributed by atoms with Gasteiger partial charge >= 0.3 is 5.69 Å². The summed E-state index contributed by atoms with van der Waals surface area (Å²) in [6.07, 6.45) is 0.344. The van der Waals surface area contributed by atoms with Crippen molar-refractivity contribution in [3.05, 3.63) is 33.9 Å². The van der Waals surface area contributed by atoms with Gasteiger partial charge in [-0.2, -0.15) is 0 Å². The number of nitrogens with zero attached hydrogens (tertiary/aromatic N) is 1. The highest BCUT2D eigenvalue weighted by Gasteiger charge is 2.19. The molecule has 0 saturated heterocycles. The zero-order chi connectivity index (χ0) is 14.4. The van der Waals surface area contributed by atoms with Crippen molar-refractivity contribution in [2.45, 2.75) is 19.4 Å². The Morgan fingerprint density at radius 1 is 1.58 bits per heavy atom. The van der Waals surface area contributed by atoms with Gasteiger partial charge in [-0.15, -0.1) is 0 Å². The Kier molecular flexibility index (Phi) is 5.25. The SMILES string of the molecule is CNC(CCOc1cccc(C)c1[N+](=O)[O-])C(N)=O. The summed E-state index contributed by atoms with van der Waals surface area (Å²) in [5, 5.41) is 13.7. The number of ether oxygens (including phenoxy) is 1. The number of nitrogens with two attached hydrogens (primary N) is 1. The number of rotatable bonds is 7. The van der Waals surface area contributed by atoms with Crippen molar-refractivity contribution in [3.8, 4) is 5.75 Å². The van der Waals surface area contributed by atoms with Crippen LogP contribution in [0.3, 0.4) is 0 Å². The molecule has 0 bridgehead atoms. The molecular formula is C12H17N3O4. The Morgan fingerprint density at radius 3 is 2.79 bits per heavy atom. The Hall–Kier alpha value is -2.15. The smallest absolute Gasteiger partial charge is 0.313 e. The van der Waals surface area contributed by atoms with Gasteiger partial charge in [-0.25, -0.2) is 0 Å². The van der Waals surface area contributed by atoms with Gasteiger partial charge < -0.3 is 15.8 Å². The predicted molar refractivity (Wildman–Crippen MR) is 70.0 cm³/mol. The van der Waals surface area contributed by atoms with Gasteiger partial charge in [-0.05, 0) is 20.0 Å². The molecule has 0 saturated carbocycles. The monoisotopic (exact) mass is 267 g/mol. The minimum Gasteiger partial charge on any atom is -0.487 e. The summed E-state index contributed by atoms with van der Waals surface area (Å²) in [6, 6.07) is 4.35. The summed E-state index contributed by atoms with van der Waals surface area (Å²) >= 11 is 0. The maximum atomic E-state index is 11.0. The molecule has 0 aliphatic rings. The van der Waals surface area contributed by atoms with Crippen LogP contribution in [0.15, 0.2) is 18.2 Å². The quantitative estimate of drug-likeness (QED) is 0.559. The summed E-state index contributed by atoms with van der Waals surface area (Å²) < 4.78 is 5.37. The van der Waals surface area contributed by atoms with E-state index in [0.29, 0.717) is 12.0 Å². The third kappa shape index (κ3) is 3.92. The second-order valence-corrected chi connectivity index (χ2v) is 4.06. The molecule has 19 heavy (non-hydrogen) atoms. The maximum absolute atomic E-state index is 11.0. The standard InChI is InChI=1S/C12H17N3O4/c1-8-4-3-5-10(11(8)15(17)18)19-7-6-9(14-2)12(13)16/h3-5,9,14H,6-7H2,1-2H3,(H2,13,16). The van der Waals surface area contributed by atoms with Gasteiger partial charge in [-0.3, -0.25) is 14.9 Å². The zero-order valence-corrected chi connectivity index (χ0v) is 10.9. The molecule has 0 aromatic heterocycles. The molecule has 7 heteroatoms. The van der Waals surface area contributed by atoms with Crippen molar-refractivity contribution in [1.29, 1.82) is 0 Å². The summed E-state index contributed by atoms with van der Waals surface area (Å²) in [5.41, 5.74) is 5.64. The number of nitrogens with one attached hydrogen (secondary N) is 1. The Balaban J connectivity index is 2.71. The van der Waals surface area contributed by atoms with E-state index in [4.69, 9.17) is 10.5 Å². The lowest BCUT2D eigenvalue weighted by atomic mass is 10.2. The third-order valence-electron chi connectivity index (χ3n) is 2.74. The number of benzene rings is 1. The average Bonchev–Trinajstić information content (AvgIpc) is 2.33. The normalized spacial score (nSPS) is 11.9. The highest BCUT2D eigenvalue weighted by Crippen LogP contribution is 2.30. The maximum Gasteiger partial charge on any atom is 0.313 e. The van der Waals surface area contributed by atoms with Gasteiger partial charge in [0.25, 0.3) is 0 Å². The second kappa shape index (κ2) is 6.69. The summed E-state index contributed by atoms with van der Waals surface area (Å²) in [4.78, 5) is 21.5. The number of nitro benzene ring substituents is 1. The van der Waals surface area contributed by atoms with Crippen molar-refractivity contribution in [1.82, 2.24) is 5.32 Å². The minimum atomic E-state index is -0.510. The van der Waals surface area contributed by atoms with Crippen LogP contribution in [0.4, 0.5) is 5.69 Å². The second-order valence-electron chi connectivity index (χ2n) is 4.06. The number of hydrogen-bond acceptors (Lipinski definition) is 5. The minimum absolute atomic E-state index is 0.0532. The van der Waals surface area contributed by atoms with Crippen LogP contribution in [0, 0.1) is 17.0 Å². The molecule has 1 rings (SSSR count). The van der Waals surface area contributed by atoms with E-state index in [1.165, 1.54) is 6.07 Å². The summed E-state index contributed by atoms with van der Waals surface area (Å²) in [7, 11) is 1.62. The first-order chi connectivity index (χ1) is 8.97. The Labute approximate surface area is 110 Å². The van der Waals surface area contributed by atoms with E-state index in [1.54, 1.807) is 26.1 Å². The molecular weight excluding hydrogens is 250 g/mol. The first kappa shape index (κ1) is 14.9. The van der Waals surface area contributed by atoms with Gasteiger partial charge in [0, 0.05) is 12.0 Å². The van der Waals surface area contributed by atoms with Gasteiger partial charge in [0.15, 0.2) is 5.75 Å².